The first-order valence-electron chi connectivity index (χ1n) is 7.92. The van der Waals surface area contributed by atoms with Gasteiger partial charge < -0.3 is 10.2 Å². The summed E-state index contributed by atoms with van der Waals surface area (Å²) in [5.41, 5.74) is 5.01. The number of nitrogens with zero attached hydrogens (tertiary/aromatic N) is 3. The number of nitrogens with two attached hydrogens (primary N) is 1. The van der Waals surface area contributed by atoms with E-state index < -0.39 is 17.6 Å². The van der Waals surface area contributed by atoms with Gasteiger partial charge in [0, 0.05) is 11.6 Å². The summed E-state index contributed by atoms with van der Waals surface area (Å²) in [6.07, 6.45) is -3.09. The van der Waals surface area contributed by atoms with Crippen LogP contribution in [0.25, 0.3) is 17.4 Å². The molecule has 29 heavy (non-hydrogen) atoms. The molecule has 2 aromatic heterocycles. The van der Waals surface area contributed by atoms with Gasteiger partial charge in [-0.25, -0.2) is 9.53 Å². The van der Waals surface area contributed by atoms with Gasteiger partial charge in [0.2, 0.25) is 11.6 Å². The minimum Gasteiger partial charge on any atom is -0.457 e. The Morgan fingerprint density at radius 1 is 1.21 bits per heavy atom. The summed E-state index contributed by atoms with van der Waals surface area (Å²) in [5, 5.41) is 14.7. The molecule has 0 saturated carbocycles. The molecule has 0 aliphatic carbocycles. The van der Waals surface area contributed by atoms with Crippen molar-refractivity contribution >= 4 is 40.5 Å². The number of hydrogen-bond acceptors (Lipinski definition) is 8. The van der Waals surface area contributed by atoms with Crippen molar-refractivity contribution in [1.29, 1.82) is 5.41 Å². The van der Waals surface area contributed by atoms with E-state index in [0.717, 1.165) is 28.8 Å². The van der Waals surface area contributed by atoms with E-state index in [2.05, 4.69) is 14.9 Å². The second-order valence-electron chi connectivity index (χ2n) is 5.81. The van der Waals surface area contributed by atoms with Crippen LogP contribution in [-0.4, -0.2) is 21.4 Å². The molecule has 0 unspecified atom stereocenters. The molecular formula is C17H10F3N5O3S. The van der Waals surface area contributed by atoms with Crippen LogP contribution in [0, 0.1) is 5.41 Å². The first kappa shape index (κ1) is 18.8. The van der Waals surface area contributed by atoms with Crippen LogP contribution >= 0.6 is 11.8 Å². The molecule has 3 heterocycles. The summed E-state index contributed by atoms with van der Waals surface area (Å²) in [7, 11) is 0. The number of nitrogens with one attached hydrogen (secondary N) is 1. The fourth-order valence-electron chi connectivity index (χ4n) is 2.59. The van der Waals surface area contributed by atoms with Crippen LogP contribution in [0.2, 0.25) is 0 Å². The highest BCUT2D eigenvalue weighted by Gasteiger charge is 2.37. The second-order valence-corrected chi connectivity index (χ2v) is 6.84. The van der Waals surface area contributed by atoms with Gasteiger partial charge in [-0.15, -0.1) is 0 Å². The van der Waals surface area contributed by atoms with E-state index in [0.29, 0.717) is 0 Å². The lowest BCUT2D eigenvalue weighted by atomic mass is 10.1. The molecule has 4 rings (SSSR count). The van der Waals surface area contributed by atoms with Crippen molar-refractivity contribution in [2.24, 2.45) is 0 Å². The molecule has 8 nitrogen and oxygen atoms in total. The Kier molecular flexibility index (Phi) is 4.42. The Balaban J connectivity index is 1.61. The van der Waals surface area contributed by atoms with Crippen LogP contribution in [0.5, 0.6) is 0 Å². The maximum atomic E-state index is 12.9. The summed E-state index contributed by atoms with van der Waals surface area (Å²) in [4.78, 5) is 13.6. The summed E-state index contributed by atoms with van der Waals surface area (Å²) in [5.74, 6) is -0.390. The quantitative estimate of drug-likeness (QED) is 0.613. The van der Waals surface area contributed by atoms with Gasteiger partial charge in [0.15, 0.2) is 5.17 Å². The van der Waals surface area contributed by atoms with Gasteiger partial charge >= 0.3 is 6.18 Å². The average molecular weight is 421 g/mol. The molecule has 0 radical (unpaired) electrons. The first-order valence-corrected chi connectivity index (χ1v) is 8.74. The number of alkyl halides is 3. The molecule has 3 aromatic rings. The first-order chi connectivity index (χ1) is 13.7. The largest absolute Gasteiger partial charge is 0.457 e. The average Bonchev–Trinajstić information content (AvgIpc) is 3.36. The van der Waals surface area contributed by atoms with E-state index >= 15 is 0 Å². The zero-order chi connectivity index (χ0) is 20.8. The molecule has 12 heteroatoms. The van der Waals surface area contributed by atoms with Gasteiger partial charge in [-0.3, -0.25) is 10.2 Å². The molecule has 1 aliphatic heterocycles. The maximum absolute atomic E-state index is 12.9. The fraction of sp³-hybridized carbons (Fsp3) is 0.0588. The van der Waals surface area contributed by atoms with E-state index in [1.54, 1.807) is 0 Å². The van der Waals surface area contributed by atoms with E-state index in [4.69, 9.17) is 15.6 Å². The van der Waals surface area contributed by atoms with Crippen molar-refractivity contribution in [2.45, 2.75) is 6.18 Å². The molecule has 0 spiro atoms. The Morgan fingerprint density at radius 2 is 2.00 bits per heavy atom. The molecule has 1 aromatic carbocycles. The molecule has 1 amide bonds. The summed E-state index contributed by atoms with van der Waals surface area (Å²) in [6.45, 7) is 0. The predicted molar refractivity (Wildman–Crippen MR) is 98.6 cm³/mol. The molecule has 148 valence electrons. The number of furan rings is 1. The van der Waals surface area contributed by atoms with Crippen molar-refractivity contribution in [3.63, 3.8) is 0 Å². The van der Waals surface area contributed by atoms with Crippen LogP contribution in [0.4, 0.5) is 24.8 Å². The standard InChI is InChI=1S/C17H10F3N5O3S/c18-17(19,20)9-3-1-2-8(6-9)11-5-4-10(27-11)7-12-15(26)25(16(22)29-12)14-13(21)23-28-24-14/h1-7,22H,(H2,21,23). The molecule has 0 atom stereocenters. The Morgan fingerprint density at radius 3 is 2.69 bits per heavy atom. The van der Waals surface area contributed by atoms with Crippen LogP contribution in [0.15, 0.2) is 50.3 Å². The maximum Gasteiger partial charge on any atom is 0.416 e. The van der Waals surface area contributed by atoms with E-state index in [1.165, 1.54) is 30.3 Å². The number of rotatable bonds is 3. The lowest BCUT2D eigenvalue weighted by Crippen LogP contribution is -2.29. The van der Waals surface area contributed by atoms with Gasteiger partial charge in [0.25, 0.3) is 5.91 Å². The molecule has 1 aliphatic rings. The number of carbonyl (C=O) groups excluding carboxylic acids is 1. The summed E-state index contributed by atoms with van der Waals surface area (Å²) >= 11 is 0.841. The van der Waals surface area contributed by atoms with Crippen LogP contribution < -0.4 is 10.6 Å². The number of aromatic nitrogens is 2. The van der Waals surface area contributed by atoms with E-state index in [-0.39, 0.29) is 38.8 Å². The number of carbonyl (C=O) groups is 1. The second kappa shape index (κ2) is 6.81. The monoisotopic (exact) mass is 421 g/mol. The molecule has 1 fully saturated rings. The molecule has 1 saturated heterocycles. The zero-order valence-corrected chi connectivity index (χ0v) is 15.0. The van der Waals surface area contributed by atoms with Crippen LogP contribution in [0.1, 0.15) is 11.3 Å². The normalized spacial score (nSPS) is 16.2. The van der Waals surface area contributed by atoms with Gasteiger partial charge in [0.05, 0.1) is 10.5 Å². The molecule has 3 N–H and O–H groups in total. The van der Waals surface area contributed by atoms with Crippen molar-refractivity contribution < 1.29 is 27.0 Å². The third kappa shape index (κ3) is 3.49. The SMILES string of the molecule is N=C1SC(=Cc2ccc(-c3cccc(C(F)(F)F)c3)o2)C(=O)N1c1nonc1N. The highest BCUT2D eigenvalue weighted by molar-refractivity contribution is 8.19. The topological polar surface area (TPSA) is 122 Å². The highest BCUT2D eigenvalue weighted by atomic mass is 32.2. The minimum atomic E-state index is -4.47. The Hall–Kier alpha value is -3.54. The number of anilines is 2. The number of thioether (sulfide) groups is 1. The van der Waals surface area contributed by atoms with Gasteiger partial charge in [-0.2, -0.15) is 13.2 Å². The third-order valence-corrected chi connectivity index (χ3v) is 4.79. The number of amidine groups is 1. The van der Waals surface area contributed by atoms with E-state index in [9.17, 15) is 18.0 Å². The summed E-state index contributed by atoms with van der Waals surface area (Å²) < 4.78 is 48.7. The van der Waals surface area contributed by atoms with Crippen LogP contribution in [-0.2, 0) is 11.0 Å². The van der Waals surface area contributed by atoms with Crippen molar-refractivity contribution in [3.05, 3.63) is 52.6 Å². The molecule has 0 bridgehead atoms. The Bertz CT molecular complexity index is 1150. The lowest BCUT2D eigenvalue weighted by molar-refractivity contribution is -0.137. The minimum absolute atomic E-state index is 0.0972. The van der Waals surface area contributed by atoms with E-state index in [1.807, 2.05) is 0 Å². The van der Waals surface area contributed by atoms with Crippen molar-refractivity contribution in [1.82, 2.24) is 10.3 Å². The fourth-order valence-corrected chi connectivity index (χ4v) is 3.41. The number of halogens is 3. The lowest BCUT2D eigenvalue weighted by Gasteiger charge is -2.08. The number of hydrogen-bond donors (Lipinski definition) is 2. The number of nitrogen functional groups attached to an aromatic ring is 1. The van der Waals surface area contributed by atoms with Crippen molar-refractivity contribution in [2.75, 3.05) is 10.6 Å². The number of benzene rings is 1. The smallest absolute Gasteiger partial charge is 0.416 e. The Labute approximate surface area is 164 Å². The number of amides is 1. The van der Waals surface area contributed by atoms with Gasteiger partial charge in [-0.05, 0) is 46.3 Å². The third-order valence-electron chi connectivity index (χ3n) is 3.91. The van der Waals surface area contributed by atoms with Crippen LogP contribution in [0.3, 0.4) is 0 Å². The zero-order valence-electron chi connectivity index (χ0n) is 14.2. The highest BCUT2D eigenvalue weighted by Crippen LogP contribution is 2.37. The molecular weight excluding hydrogens is 411 g/mol. The van der Waals surface area contributed by atoms with Gasteiger partial charge in [0.1, 0.15) is 11.5 Å². The van der Waals surface area contributed by atoms with Gasteiger partial charge in [-0.1, -0.05) is 12.1 Å². The predicted octanol–water partition coefficient (Wildman–Crippen LogP) is 3.99. The van der Waals surface area contributed by atoms with Crippen molar-refractivity contribution in [3.8, 4) is 11.3 Å². The summed E-state index contributed by atoms with van der Waals surface area (Å²) in [6, 6.07) is 7.71.